The fraction of sp³-hybridized carbons (Fsp3) is 0.750. The molecule has 0 aromatic heterocycles. The molecule has 2 atom stereocenters. The molecule has 0 saturated heterocycles. The van der Waals surface area contributed by atoms with Crippen LogP contribution in [0.1, 0.15) is 78.1 Å². The Bertz CT molecular complexity index is 439. The van der Waals surface area contributed by atoms with Gasteiger partial charge in [0.1, 0.15) is 5.78 Å². The van der Waals surface area contributed by atoms with Crippen molar-refractivity contribution >= 4 is 17.5 Å². The Labute approximate surface area is 146 Å². The van der Waals surface area contributed by atoms with Crippen molar-refractivity contribution in [2.75, 3.05) is 6.61 Å². The molecule has 4 nitrogen and oxygen atoms in total. The molecule has 1 aliphatic carbocycles. The maximum absolute atomic E-state index is 12.0. The lowest BCUT2D eigenvalue weighted by Crippen LogP contribution is -2.17. The summed E-state index contributed by atoms with van der Waals surface area (Å²) in [6, 6.07) is 0. The number of esters is 1. The molecule has 0 amide bonds. The van der Waals surface area contributed by atoms with Gasteiger partial charge in [-0.1, -0.05) is 32.3 Å². The topological polar surface area (TPSA) is 60.4 Å². The van der Waals surface area contributed by atoms with Gasteiger partial charge in [-0.3, -0.25) is 14.4 Å². The molecule has 4 heteroatoms. The Kier molecular flexibility index (Phi) is 10.3. The highest BCUT2D eigenvalue weighted by atomic mass is 16.5. The van der Waals surface area contributed by atoms with Crippen molar-refractivity contribution in [1.82, 2.24) is 0 Å². The molecule has 0 radical (unpaired) electrons. The lowest BCUT2D eigenvalue weighted by molar-refractivity contribution is -0.143. The minimum Gasteiger partial charge on any atom is -0.466 e. The molecule has 0 aromatic carbocycles. The zero-order valence-electron chi connectivity index (χ0n) is 15.2. The van der Waals surface area contributed by atoms with Crippen molar-refractivity contribution < 1.29 is 19.1 Å². The normalized spacial score (nSPS) is 19.7. The van der Waals surface area contributed by atoms with Gasteiger partial charge in [-0.05, 0) is 44.6 Å². The molecule has 0 fully saturated rings. The lowest BCUT2D eigenvalue weighted by atomic mass is 9.85. The van der Waals surface area contributed by atoms with E-state index in [0.717, 1.165) is 44.9 Å². The van der Waals surface area contributed by atoms with Crippen molar-refractivity contribution in [3.8, 4) is 0 Å². The van der Waals surface area contributed by atoms with Crippen LogP contribution in [0.25, 0.3) is 0 Å². The van der Waals surface area contributed by atoms with Crippen molar-refractivity contribution in [3.05, 3.63) is 12.2 Å². The highest BCUT2D eigenvalue weighted by Gasteiger charge is 2.29. The number of hydrogen-bond donors (Lipinski definition) is 0. The first-order valence-corrected chi connectivity index (χ1v) is 9.47. The number of unbranched alkanes of at least 4 members (excludes halogenated alkanes) is 3. The fourth-order valence-electron chi connectivity index (χ4n) is 3.23. The predicted octanol–water partition coefficient (Wildman–Crippen LogP) is 4.41. The highest BCUT2D eigenvalue weighted by molar-refractivity contribution is 5.94. The van der Waals surface area contributed by atoms with Gasteiger partial charge in [-0.25, -0.2) is 0 Å². The molecule has 0 aliphatic heterocycles. The molecule has 24 heavy (non-hydrogen) atoms. The van der Waals surface area contributed by atoms with Crippen molar-refractivity contribution in [3.63, 3.8) is 0 Å². The van der Waals surface area contributed by atoms with E-state index in [4.69, 9.17) is 4.74 Å². The zero-order chi connectivity index (χ0) is 17.8. The van der Waals surface area contributed by atoms with Gasteiger partial charge >= 0.3 is 5.97 Å². The second-order valence-electron chi connectivity index (χ2n) is 6.62. The van der Waals surface area contributed by atoms with Crippen LogP contribution in [-0.2, 0) is 19.1 Å². The summed E-state index contributed by atoms with van der Waals surface area (Å²) in [5, 5.41) is 0. The van der Waals surface area contributed by atoms with Crippen LogP contribution in [0.3, 0.4) is 0 Å². The molecule has 1 rings (SSSR count). The van der Waals surface area contributed by atoms with Gasteiger partial charge in [0, 0.05) is 25.2 Å². The van der Waals surface area contributed by atoms with Crippen molar-refractivity contribution in [1.29, 1.82) is 0 Å². The lowest BCUT2D eigenvalue weighted by Gasteiger charge is -2.17. The van der Waals surface area contributed by atoms with E-state index in [-0.39, 0.29) is 23.6 Å². The summed E-state index contributed by atoms with van der Waals surface area (Å²) in [4.78, 5) is 35.2. The van der Waals surface area contributed by atoms with Crippen LogP contribution in [0.5, 0.6) is 0 Å². The minimum absolute atomic E-state index is 0.00404. The van der Waals surface area contributed by atoms with E-state index in [1.165, 1.54) is 0 Å². The molecule has 0 N–H and O–H groups in total. The molecule has 0 spiro atoms. The highest BCUT2D eigenvalue weighted by Crippen LogP contribution is 2.31. The van der Waals surface area contributed by atoms with Gasteiger partial charge in [-0.2, -0.15) is 0 Å². The molecule has 136 valence electrons. The molecule has 1 aliphatic rings. The summed E-state index contributed by atoms with van der Waals surface area (Å²) < 4.78 is 4.91. The summed E-state index contributed by atoms with van der Waals surface area (Å²) in [6.45, 7) is 4.35. The van der Waals surface area contributed by atoms with E-state index >= 15 is 0 Å². The van der Waals surface area contributed by atoms with E-state index in [1.54, 1.807) is 13.0 Å². The van der Waals surface area contributed by atoms with E-state index in [1.807, 2.05) is 6.08 Å². The van der Waals surface area contributed by atoms with Gasteiger partial charge in [0.05, 0.1) is 6.61 Å². The monoisotopic (exact) mass is 336 g/mol. The largest absolute Gasteiger partial charge is 0.466 e. The molecular weight excluding hydrogens is 304 g/mol. The molecule has 0 bridgehead atoms. The Morgan fingerprint density at radius 3 is 2.46 bits per heavy atom. The summed E-state index contributed by atoms with van der Waals surface area (Å²) in [5.41, 5.74) is 0. The smallest absolute Gasteiger partial charge is 0.305 e. The van der Waals surface area contributed by atoms with Crippen LogP contribution in [0, 0.1) is 11.8 Å². The number of carbonyl (C=O) groups is 3. The number of ether oxygens (including phenoxy) is 1. The number of hydrogen-bond acceptors (Lipinski definition) is 4. The van der Waals surface area contributed by atoms with E-state index in [0.29, 0.717) is 31.7 Å². The third-order valence-corrected chi connectivity index (χ3v) is 4.66. The van der Waals surface area contributed by atoms with Gasteiger partial charge in [-0.15, -0.1) is 0 Å². The van der Waals surface area contributed by atoms with Gasteiger partial charge in [0.2, 0.25) is 0 Å². The predicted molar refractivity (Wildman–Crippen MR) is 94.6 cm³/mol. The van der Waals surface area contributed by atoms with Crippen molar-refractivity contribution in [2.45, 2.75) is 78.1 Å². The van der Waals surface area contributed by atoms with Crippen LogP contribution in [-0.4, -0.2) is 24.1 Å². The SMILES string of the molecule is CCCCCC(=O)CC[C@H]1C=CC(=O)[C@H]1CCCCC(=O)OCC. The fourth-order valence-corrected chi connectivity index (χ4v) is 3.23. The van der Waals surface area contributed by atoms with Crippen LogP contribution < -0.4 is 0 Å². The first kappa shape index (κ1) is 20.6. The molecule has 0 saturated carbocycles. The summed E-state index contributed by atoms with van der Waals surface area (Å²) in [5.74, 6) is 0.514. The molecular formula is C20H32O4. The van der Waals surface area contributed by atoms with E-state index < -0.39 is 0 Å². The summed E-state index contributed by atoms with van der Waals surface area (Å²) >= 11 is 0. The average Bonchev–Trinajstić information content (AvgIpc) is 2.90. The van der Waals surface area contributed by atoms with Gasteiger partial charge in [0.25, 0.3) is 0 Å². The standard InChI is InChI=1S/C20H32O4/c1-3-5-6-9-17(21)14-12-16-13-15-19(22)18(16)10-7-8-11-20(23)24-4-2/h13,15-16,18H,3-12,14H2,1-2H3/t16-,18-/m0/s1. The van der Waals surface area contributed by atoms with Crippen LogP contribution in [0.2, 0.25) is 0 Å². The van der Waals surface area contributed by atoms with Crippen LogP contribution in [0.15, 0.2) is 12.2 Å². The van der Waals surface area contributed by atoms with Crippen molar-refractivity contribution in [2.24, 2.45) is 11.8 Å². The Morgan fingerprint density at radius 2 is 1.75 bits per heavy atom. The Balaban J connectivity index is 2.26. The summed E-state index contributed by atoms with van der Waals surface area (Å²) in [6.07, 6.45) is 11.7. The minimum atomic E-state index is -0.164. The molecule has 0 aromatic rings. The van der Waals surface area contributed by atoms with Crippen LogP contribution in [0.4, 0.5) is 0 Å². The van der Waals surface area contributed by atoms with E-state index in [2.05, 4.69) is 6.92 Å². The molecule has 0 unspecified atom stereocenters. The Morgan fingerprint density at radius 1 is 1.00 bits per heavy atom. The number of ketones is 2. The second-order valence-corrected chi connectivity index (χ2v) is 6.62. The number of Topliss-reactive ketones (excluding diaryl/α,β-unsaturated/α-hetero) is 1. The second kappa shape index (κ2) is 12.0. The number of allylic oxidation sites excluding steroid dienone is 2. The maximum Gasteiger partial charge on any atom is 0.305 e. The third-order valence-electron chi connectivity index (χ3n) is 4.66. The quantitative estimate of drug-likeness (QED) is 0.369. The molecule has 0 heterocycles. The van der Waals surface area contributed by atoms with Gasteiger partial charge in [0.15, 0.2) is 5.78 Å². The maximum atomic E-state index is 12.0. The van der Waals surface area contributed by atoms with E-state index in [9.17, 15) is 14.4 Å². The van der Waals surface area contributed by atoms with Gasteiger partial charge < -0.3 is 4.74 Å². The number of carbonyl (C=O) groups excluding carboxylic acids is 3. The third kappa shape index (κ3) is 7.89. The first-order chi connectivity index (χ1) is 11.6. The summed E-state index contributed by atoms with van der Waals surface area (Å²) in [7, 11) is 0. The average molecular weight is 336 g/mol. The zero-order valence-corrected chi connectivity index (χ0v) is 15.2. The Hall–Kier alpha value is -1.45. The van der Waals surface area contributed by atoms with Crippen LogP contribution >= 0.6 is 0 Å². The first-order valence-electron chi connectivity index (χ1n) is 9.47. The number of rotatable bonds is 13.